The molecule has 0 aliphatic heterocycles. The van der Waals surface area contributed by atoms with Gasteiger partial charge in [-0.05, 0) is 11.5 Å². The summed E-state index contributed by atoms with van der Waals surface area (Å²) in [4.78, 5) is 0. The topological polar surface area (TPSA) is 47.7 Å². The van der Waals surface area contributed by atoms with Crippen LogP contribution in [-0.2, 0) is 4.74 Å². The second-order valence-electron chi connectivity index (χ2n) is 4.59. The monoisotopic (exact) mass is 260 g/mol. The Bertz CT molecular complexity index is 523. The van der Waals surface area contributed by atoms with Crippen molar-refractivity contribution in [1.82, 2.24) is 5.01 Å². The molecule has 2 N–H and O–H groups in total. The van der Waals surface area contributed by atoms with Crippen LogP contribution in [0.5, 0.6) is 5.75 Å². The van der Waals surface area contributed by atoms with E-state index in [0.717, 1.165) is 11.1 Å². The fourth-order valence-corrected chi connectivity index (χ4v) is 2.02. The number of hydrazine groups is 1. The molecule has 2 rings (SSSR count). The number of rotatable bonds is 6. The van der Waals surface area contributed by atoms with Crippen LogP contribution >= 0.6 is 0 Å². The zero-order chi connectivity index (χ0) is 13.7. The van der Waals surface area contributed by atoms with Crippen LogP contribution in [0.25, 0.3) is 10.8 Å². The van der Waals surface area contributed by atoms with E-state index >= 15 is 0 Å². The molecule has 0 aliphatic carbocycles. The van der Waals surface area contributed by atoms with E-state index in [9.17, 15) is 0 Å². The summed E-state index contributed by atoms with van der Waals surface area (Å²) in [6.45, 7) is 1.10. The molecular weight excluding hydrogens is 240 g/mol. The first-order valence-electron chi connectivity index (χ1n) is 6.30. The van der Waals surface area contributed by atoms with E-state index in [0.29, 0.717) is 13.2 Å². The Morgan fingerprint density at radius 2 is 1.89 bits per heavy atom. The summed E-state index contributed by atoms with van der Waals surface area (Å²) in [5.41, 5.74) is 0. The minimum atomic E-state index is -0.0473. The number of nitrogens with zero attached hydrogens (tertiary/aromatic N) is 1. The Hall–Kier alpha value is -1.62. The largest absolute Gasteiger partial charge is 0.490 e. The third-order valence-corrected chi connectivity index (χ3v) is 3.00. The van der Waals surface area contributed by atoms with E-state index in [4.69, 9.17) is 15.3 Å². The maximum atomic E-state index is 5.87. The number of hydrogen-bond acceptors (Lipinski definition) is 4. The highest BCUT2D eigenvalue weighted by Gasteiger charge is 2.11. The van der Waals surface area contributed by atoms with Crippen LogP contribution in [0.3, 0.4) is 0 Å². The van der Waals surface area contributed by atoms with Crippen LogP contribution in [0.1, 0.15) is 0 Å². The maximum Gasteiger partial charge on any atom is 0.127 e. The summed E-state index contributed by atoms with van der Waals surface area (Å²) in [6, 6.07) is 14.2. The van der Waals surface area contributed by atoms with Gasteiger partial charge in [0.05, 0.1) is 0 Å². The van der Waals surface area contributed by atoms with Crippen LogP contribution in [0, 0.1) is 0 Å². The smallest absolute Gasteiger partial charge is 0.127 e. The normalized spacial score (nSPS) is 12.8. The molecule has 0 amide bonds. The van der Waals surface area contributed by atoms with Crippen LogP contribution in [-0.4, -0.2) is 38.4 Å². The number of nitrogens with two attached hydrogens (primary N) is 1. The van der Waals surface area contributed by atoms with Crippen LogP contribution in [0.4, 0.5) is 0 Å². The quantitative estimate of drug-likeness (QED) is 0.638. The molecule has 4 heteroatoms. The molecule has 2 aromatic carbocycles. The van der Waals surface area contributed by atoms with Crippen molar-refractivity contribution in [1.29, 1.82) is 0 Å². The molecule has 1 unspecified atom stereocenters. The Kier molecular flexibility index (Phi) is 4.74. The summed E-state index contributed by atoms with van der Waals surface area (Å²) in [5.74, 6) is 6.50. The zero-order valence-electron chi connectivity index (χ0n) is 11.4. The molecular formula is C15H20N2O2. The lowest BCUT2D eigenvalue weighted by atomic mass is 10.1. The van der Waals surface area contributed by atoms with Crippen LogP contribution in [0.2, 0.25) is 0 Å². The minimum Gasteiger partial charge on any atom is -0.490 e. The second kappa shape index (κ2) is 6.52. The zero-order valence-corrected chi connectivity index (χ0v) is 11.4. The first-order chi connectivity index (χ1) is 9.20. The van der Waals surface area contributed by atoms with E-state index in [1.165, 1.54) is 5.39 Å². The highest BCUT2D eigenvalue weighted by atomic mass is 16.5. The van der Waals surface area contributed by atoms with Gasteiger partial charge in [-0.2, -0.15) is 0 Å². The summed E-state index contributed by atoms with van der Waals surface area (Å²) in [6.07, 6.45) is -0.0473. The molecule has 102 valence electrons. The Morgan fingerprint density at radius 1 is 1.16 bits per heavy atom. The number of hydrogen-bond donors (Lipinski definition) is 1. The summed E-state index contributed by atoms with van der Waals surface area (Å²) < 4.78 is 11.2. The van der Waals surface area contributed by atoms with E-state index < -0.39 is 0 Å². The first-order valence-corrected chi connectivity index (χ1v) is 6.30. The maximum absolute atomic E-state index is 5.87. The van der Waals surface area contributed by atoms with E-state index in [1.54, 1.807) is 12.1 Å². The molecule has 0 saturated heterocycles. The van der Waals surface area contributed by atoms with E-state index in [-0.39, 0.29) is 6.10 Å². The van der Waals surface area contributed by atoms with Crippen molar-refractivity contribution in [3.8, 4) is 5.75 Å². The number of benzene rings is 2. The molecule has 0 bridgehead atoms. The van der Waals surface area contributed by atoms with Crippen molar-refractivity contribution in [3.05, 3.63) is 42.5 Å². The molecule has 0 saturated carbocycles. The molecule has 2 aromatic rings. The highest BCUT2D eigenvalue weighted by Crippen LogP contribution is 2.25. The van der Waals surface area contributed by atoms with Gasteiger partial charge in [0.1, 0.15) is 18.5 Å². The third kappa shape index (κ3) is 3.67. The van der Waals surface area contributed by atoms with Crippen molar-refractivity contribution >= 4 is 10.8 Å². The SMILES string of the molecule is COC(COc1cccc2ccccc12)CN(C)N. The van der Waals surface area contributed by atoms with Crippen LogP contribution in [0.15, 0.2) is 42.5 Å². The van der Waals surface area contributed by atoms with Crippen molar-refractivity contribution in [2.24, 2.45) is 5.84 Å². The van der Waals surface area contributed by atoms with Gasteiger partial charge >= 0.3 is 0 Å². The summed E-state index contributed by atoms with van der Waals surface area (Å²) in [7, 11) is 3.48. The molecule has 4 nitrogen and oxygen atoms in total. The lowest BCUT2D eigenvalue weighted by molar-refractivity contribution is 0.0354. The molecule has 0 radical (unpaired) electrons. The van der Waals surface area contributed by atoms with Crippen molar-refractivity contribution in [2.45, 2.75) is 6.10 Å². The molecule has 0 fully saturated rings. The minimum absolute atomic E-state index is 0.0473. The second-order valence-corrected chi connectivity index (χ2v) is 4.59. The van der Waals surface area contributed by atoms with Crippen molar-refractivity contribution in [2.75, 3.05) is 27.3 Å². The highest BCUT2D eigenvalue weighted by molar-refractivity contribution is 5.88. The Labute approximate surface area is 113 Å². The number of methoxy groups -OCH3 is 1. The van der Waals surface area contributed by atoms with Gasteiger partial charge in [0, 0.05) is 26.1 Å². The standard InChI is InChI=1S/C15H20N2O2/c1-17(16)10-13(18-2)11-19-15-9-5-7-12-6-3-4-8-14(12)15/h3-9,13H,10-11,16H2,1-2H3. The average molecular weight is 260 g/mol. The van der Waals surface area contributed by atoms with Gasteiger partial charge in [0.15, 0.2) is 0 Å². The number of likely N-dealkylation sites (N-methyl/N-ethyl adjacent to an activating group) is 1. The van der Waals surface area contributed by atoms with Gasteiger partial charge in [-0.3, -0.25) is 5.84 Å². The molecule has 0 heterocycles. The predicted octanol–water partition coefficient (Wildman–Crippen LogP) is 2.04. The summed E-state index contributed by atoms with van der Waals surface area (Å²) in [5, 5.41) is 3.88. The fourth-order valence-electron chi connectivity index (χ4n) is 2.02. The van der Waals surface area contributed by atoms with Crippen molar-refractivity contribution < 1.29 is 9.47 Å². The van der Waals surface area contributed by atoms with Gasteiger partial charge < -0.3 is 9.47 Å². The van der Waals surface area contributed by atoms with E-state index in [2.05, 4.69) is 18.2 Å². The third-order valence-electron chi connectivity index (χ3n) is 3.00. The lowest BCUT2D eigenvalue weighted by Gasteiger charge is -2.20. The van der Waals surface area contributed by atoms with Crippen molar-refractivity contribution in [3.63, 3.8) is 0 Å². The molecule has 0 spiro atoms. The van der Waals surface area contributed by atoms with Gasteiger partial charge in [-0.15, -0.1) is 0 Å². The lowest BCUT2D eigenvalue weighted by Crippen LogP contribution is -2.38. The molecule has 0 aromatic heterocycles. The van der Waals surface area contributed by atoms with Gasteiger partial charge in [-0.1, -0.05) is 36.4 Å². The Morgan fingerprint density at radius 3 is 2.63 bits per heavy atom. The molecule has 0 aliphatic rings. The van der Waals surface area contributed by atoms with E-state index in [1.807, 2.05) is 31.3 Å². The summed E-state index contributed by atoms with van der Waals surface area (Å²) >= 11 is 0. The molecule has 19 heavy (non-hydrogen) atoms. The van der Waals surface area contributed by atoms with Gasteiger partial charge in [-0.25, -0.2) is 5.01 Å². The van der Waals surface area contributed by atoms with Gasteiger partial charge in [0.25, 0.3) is 0 Å². The predicted molar refractivity (Wildman–Crippen MR) is 77.1 cm³/mol. The first kappa shape index (κ1) is 13.8. The number of fused-ring (bicyclic) bond motifs is 1. The fraction of sp³-hybridized carbons (Fsp3) is 0.333. The average Bonchev–Trinajstić information content (AvgIpc) is 2.43. The van der Waals surface area contributed by atoms with Gasteiger partial charge in [0.2, 0.25) is 0 Å². The van der Waals surface area contributed by atoms with Crippen LogP contribution < -0.4 is 10.6 Å². The Balaban J connectivity index is 2.09. The number of ether oxygens (including phenoxy) is 2. The molecule has 1 atom stereocenters.